The first-order chi connectivity index (χ1) is 9.31. The molecule has 1 N–H and O–H groups in total. The van der Waals surface area contributed by atoms with Gasteiger partial charge in [-0.05, 0) is 37.3 Å². The molecule has 0 aromatic heterocycles. The number of hydrogen-bond acceptors (Lipinski definition) is 2. The van der Waals surface area contributed by atoms with Crippen LogP contribution in [0.4, 0.5) is 5.69 Å². The van der Waals surface area contributed by atoms with Gasteiger partial charge in [-0.1, -0.05) is 25.1 Å². The molecular formula is C16H22N2O. The Kier molecular flexibility index (Phi) is 3.45. The molecule has 1 aromatic rings. The number of likely N-dealkylation sites (tertiary alicyclic amines) is 1. The van der Waals surface area contributed by atoms with Gasteiger partial charge in [-0.2, -0.15) is 0 Å². The van der Waals surface area contributed by atoms with Crippen molar-refractivity contribution >= 4 is 11.6 Å². The lowest BCUT2D eigenvalue weighted by atomic mass is 9.89. The molecule has 1 amide bonds. The first-order valence-electron chi connectivity index (χ1n) is 7.44. The largest absolute Gasteiger partial charge is 0.385 e. The number of nitrogens with zero attached hydrogens (tertiary/aromatic N) is 1. The highest BCUT2D eigenvalue weighted by Crippen LogP contribution is 2.34. The van der Waals surface area contributed by atoms with E-state index in [4.69, 9.17) is 0 Å². The van der Waals surface area contributed by atoms with Gasteiger partial charge in [0.25, 0.3) is 0 Å². The molecule has 2 aliphatic rings. The van der Waals surface area contributed by atoms with E-state index in [0.29, 0.717) is 11.9 Å². The number of carbonyl (C=O) groups excluding carboxylic acids is 1. The zero-order chi connectivity index (χ0) is 13.2. The van der Waals surface area contributed by atoms with Gasteiger partial charge in [0.05, 0.1) is 5.92 Å². The van der Waals surface area contributed by atoms with Crippen molar-refractivity contribution < 1.29 is 4.79 Å². The highest BCUT2D eigenvalue weighted by Gasteiger charge is 2.34. The van der Waals surface area contributed by atoms with Crippen molar-refractivity contribution in [2.45, 2.75) is 44.6 Å². The predicted octanol–water partition coefficient (Wildman–Crippen LogP) is 2.99. The van der Waals surface area contributed by atoms with E-state index in [2.05, 4.69) is 29.3 Å². The molecule has 0 saturated carbocycles. The van der Waals surface area contributed by atoms with Crippen LogP contribution in [0.2, 0.25) is 0 Å². The van der Waals surface area contributed by atoms with Crippen molar-refractivity contribution in [2.24, 2.45) is 0 Å². The fourth-order valence-corrected chi connectivity index (χ4v) is 3.48. The standard InChI is InChI=1S/C16H22N2O/c1-2-12-6-5-11-18(12)16(19)14-9-10-17-15-8-4-3-7-13(14)15/h3-4,7-8,12,14,17H,2,5-6,9-11H2,1H3. The van der Waals surface area contributed by atoms with Gasteiger partial charge in [-0.3, -0.25) is 4.79 Å². The molecule has 1 aromatic carbocycles. The van der Waals surface area contributed by atoms with Gasteiger partial charge >= 0.3 is 0 Å². The number of amides is 1. The minimum Gasteiger partial charge on any atom is -0.385 e. The fourth-order valence-electron chi connectivity index (χ4n) is 3.48. The highest BCUT2D eigenvalue weighted by atomic mass is 16.2. The van der Waals surface area contributed by atoms with Crippen LogP contribution in [0.25, 0.3) is 0 Å². The summed E-state index contributed by atoms with van der Waals surface area (Å²) >= 11 is 0. The minimum absolute atomic E-state index is 0.0598. The third-order valence-corrected chi connectivity index (χ3v) is 4.51. The molecule has 2 atom stereocenters. The summed E-state index contributed by atoms with van der Waals surface area (Å²) in [7, 11) is 0. The average Bonchev–Trinajstić information content (AvgIpc) is 2.94. The van der Waals surface area contributed by atoms with Crippen molar-refractivity contribution in [3.05, 3.63) is 29.8 Å². The first kappa shape index (κ1) is 12.5. The van der Waals surface area contributed by atoms with Crippen molar-refractivity contribution in [2.75, 3.05) is 18.4 Å². The van der Waals surface area contributed by atoms with Crippen LogP contribution in [0, 0.1) is 0 Å². The number of fused-ring (bicyclic) bond motifs is 1. The maximum atomic E-state index is 12.8. The zero-order valence-electron chi connectivity index (χ0n) is 11.6. The summed E-state index contributed by atoms with van der Waals surface area (Å²) in [5.41, 5.74) is 2.32. The lowest BCUT2D eigenvalue weighted by molar-refractivity contribution is -0.133. The molecule has 3 heteroatoms. The molecular weight excluding hydrogens is 236 g/mol. The van der Waals surface area contributed by atoms with E-state index in [1.807, 2.05) is 12.1 Å². The number of hydrogen-bond donors (Lipinski definition) is 1. The van der Waals surface area contributed by atoms with Gasteiger partial charge in [-0.25, -0.2) is 0 Å². The van der Waals surface area contributed by atoms with Gasteiger partial charge in [0.2, 0.25) is 5.91 Å². The Bertz CT molecular complexity index is 472. The van der Waals surface area contributed by atoms with Crippen LogP contribution in [0.3, 0.4) is 0 Å². The monoisotopic (exact) mass is 258 g/mol. The molecule has 0 spiro atoms. The maximum Gasteiger partial charge on any atom is 0.230 e. The zero-order valence-corrected chi connectivity index (χ0v) is 11.6. The van der Waals surface area contributed by atoms with Gasteiger partial charge < -0.3 is 10.2 Å². The normalized spacial score (nSPS) is 25.8. The summed E-state index contributed by atoms with van der Waals surface area (Å²) in [6.07, 6.45) is 4.34. The topological polar surface area (TPSA) is 32.3 Å². The lowest BCUT2D eigenvalue weighted by Crippen LogP contribution is -2.40. The number of benzene rings is 1. The molecule has 1 fully saturated rings. The molecule has 2 heterocycles. The van der Waals surface area contributed by atoms with Crippen molar-refractivity contribution in [1.29, 1.82) is 0 Å². The second kappa shape index (κ2) is 5.24. The summed E-state index contributed by atoms with van der Waals surface area (Å²) in [5, 5.41) is 3.39. The third-order valence-electron chi connectivity index (χ3n) is 4.51. The fraction of sp³-hybridized carbons (Fsp3) is 0.562. The Morgan fingerprint density at radius 3 is 3.05 bits per heavy atom. The van der Waals surface area contributed by atoms with Crippen LogP contribution in [0.1, 0.15) is 44.1 Å². The second-order valence-corrected chi connectivity index (χ2v) is 5.59. The Morgan fingerprint density at radius 1 is 1.37 bits per heavy atom. The number of para-hydroxylation sites is 1. The summed E-state index contributed by atoms with van der Waals surface area (Å²) in [6, 6.07) is 8.71. The Morgan fingerprint density at radius 2 is 2.21 bits per heavy atom. The molecule has 0 radical (unpaired) electrons. The van der Waals surface area contributed by atoms with Crippen LogP contribution in [-0.2, 0) is 4.79 Å². The Balaban J connectivity index is 1.85. The van der Waals surface area contributed by atoms with E-state index < -0.39 is 0 Å². The highest BCUT2D eigenvalue weighted by molar-refractivity contribution is 5.86. The minimum atomic E-state index is 0.0598. The SMILES string of the molecule is CCC1CCCN1C(=O)C1CCNc2ccccc21. The van der Waals surface area contributed by atoms with Gasteiger partial charge in [-0.15, -0.1) is 0 Å². The number of anilines is 1. The van der Waals surface area contributed by atoms with Crippen molar-refractivity contribution in [1.82, 2.24) is 4.90 Å². The molecule has 19 heavy (non-hydrogen) atoms. The van der Waals surface area contributed by atoms with E-state index in [1.165, 1.54) is 12.0 Å². The molecule has 0 bridgehead atoms. The molecule has 2 unspecified atom stereocenters. The van der Waals surface area contributed by atoms with Gasteiger partial charge in [0.1, 0.15) is 0 Å². The van der Waals surface area contributed by atoms with Crippen LogP contribution in [0.5, 0.6) is 0 Å². The maximum absolute atomic E-state index is 12.8. The Hall–Kier alpha value is -1.51. The molecule has 0 aliphatic carbocycles. The van der Waals surface area contributed by atoms with Gasteiger partial charge in [0, 0.05) is 24.8 Å². The van der Waals surface area contributed by atoms with E-state index in [-0.39, 0.29) is 5.92 Å². The van der Waals surface area contributed by atoms with E-state index in [9.17, 15) is 4.79 Å². The first-order valence-corrected chi connectivity index (χ1v) is 7.44. The van der Waals surface area contributed by atoms with Crippen molar-refractivity contribution in [3.8, 4) is 0 Å². The van der Waals surface area contributed by atoms with E-state index in [0.717, 1.165) is 38.0 Å². The number of carbonyl (C=O) groups is 1. The van der Waals surface area contributed by atoms with Crippen LogP contribution in [-0.4, -0.2) is 29.9 Å². The average molecular weight is 258 g/mol. The van der Waals surface area contributed by atoms with Crippen LogP contribution < -0.4 is 5.32 Å². The van der Waals surface area contributed by atoms with E-state index >= 15 is 0 Å². The molecule has 3 nitrogen and oxygen atoms in total. The smallest absolute Gasteiger partial charge is 0.230 e. The molecule has 2 aliphatic heterocycles. The quantitative estimate of drug-likeness (QED) is 0.884. The Labute approximate surface area is 115 Å². The third kappa shape index (κ3) is 2.22. The van der Waals surface area contributed by atoms with Crippen LogP contribution in [0.15, 0.2) is 24.3 Å². The summed E-state index contributed by atoms with van der Waals surface area (Å²) in [6.45, 7) is 4.04. The second-order valence-electron chi connectivity index (χ2n) is 5.59. The van der Waals surface area contributed by atoms with Crippen LogP contribution >= 0.6 is 0 Å². The van der Waals surface area contributed by atoms with Gasteiger partial charge in [0.15, 0.2) is 0 Å². The molecule has 1 saturated heterocycles. The molecule has 102 valence electrons. The summed E-state index contributed by atoms with van der Waals surface area (Å²) in [4.78, 5) is 15.0. The number of nitrogens with one attached hydrogen (secondary N) is 1. The summed E-state index contributed by atoms with van der Waals surface area (Å²) in [5.74, 6) is 0.405. The van der Waals surface area contributed by atoms with E-state index in [1.54, 1.807) is 0 Å². The number of rotatable bonds is 2. The van der Waals surface area contributed by atoms with Crippen molar-refractivity contribution in [3.63, 3.8) is 0 Å². The summed E-state index contributed by atoms with van der Waals surface area (Å²) < 4.78 is 0. The lowest BCUT2D eigenvalue weighted by Gasteiger charge is -2.32. The molecule has 3 rings (SSSR count). The predicted molar refractivity (Wildman–Crippen MR) is 77.3 cm³/mol.